The molecular formula is C35H45ClF3N7O6S. The standard InChI is InChI=1S/C35H45ClF3N7O6S/c1-32(2,3)52-31(48)45-22-23(20-33(45,4)5)8-7-17-44(6)26-11-9-24(21-40-26)53(49,50)43-30(47)25-10-12-27(41-29(25)36)46-18-13-28(42-46)51-19-16-34(14-15-34)35(37,38)39/h9-13,18,21,23H,7-8,14-17,19-20,22H2,1-6H3,(H,43,47). The molecule has 0 spiro atoms. The van der Waals surface area contributed by atoms with Crippen LogP contribution in [-0.4, -0.2) is 89.1 Å². The number of halogens is 4. The summed E-state index contributed by atoms with van der Waals surface area (Å²) in [7, 11) is -2.48. The van der Waals surface area contributed by atoms with E-state index >= 15 is 0 Å². The number of sulfonamides is 1. The van der Waals surface area contributed by atoms with Crippen molar-refractivity contribution in [3.8, 4) is 11.7 Å². The lowest BCUT2D eigenvalue weighted by atomic mass is 9.93. The zero-order valence-corrected chi connectivity index (χ0v) is 32.1. The van der Waals surface area contributed by atoms with E-state index in [9.17, 15) is 31.2 Å². The molecule has 0 aromatic carbocycles. The molecule has 290 valence electrons. The van der Waals surface area contributed by atoms with Crippen molar-refractivity contribution in [3.05, 3.63) is 53.4 Å². The quantitative estimate of drug-likeness (QED) is 0.184. The van der Waals surface area contributed by atoms with Crippen molar-refractivity contribution in [1.82, 2.24) is 29.4 Å². The van der Waals surface area contributed by atoms with Crippen LogP contribution in [0.5, 0.6) is 5.88 Å². The van der Waals surface area contributed by atoms with E-state index in [1.807, 2.05) is 51.3 Å². The Labute approximate surface area is 312 Å². The lowest BCUT2D eigenvalue weighted by Crippen LogP contribution is -2.45. The van der Waals surface area contributed by atoms with Crippen molar-refractivity contribution < 1.29 is 40.7 Å². The number of carbonyl (C=O) groups is 2. The fraction of sp³-hybridized carbons (Fsp3) is 0.571. The first-order chi connectivity index (χ1) is 24.6. The van der Waals surface area contributed by atoms with Gasteiger partial charge in [-0.25, -0.2) is 32.6 Å². The number of aromatic nitrogens is 4. The van der Waals surface area contributed by atoms with E-state index in [1.54, 1.807) is 11.0 Å². The summed E-state index contributed by atoms with van der Waals surface area (Å²) in [6.07, 6.45) is 0.609. The van der Waals surface area contributed by atoms with Crippen molar-refractivity contribution in [2.45, 2.75) is 95.4 Å². The second-order valence-electron chi connectivity index (χ2n) is 15.3. The molecule has 3 aromatic rings. The van der Waals surface area contributed by atoms with E-state index in [4.69, 9.17) is 21.1 Å². The molecule has 18 heteroatoms. The van der Waals surface area contributed by atoms with Crippen molar-refractivity contribution in [1.29, 1.82) is 0 Å². The lowest BCUT2D eigenvalue weighted by Gasteiger charge is -2.33. The van der Waals surface area contributed by atoms with Crippen molar-refractivity contribution >= 4 is 39.4 Å². The predicted octanol–water partition coefficient (Wildman–Crippen LogP) is 6.80. The van der Waals surface area contributed by atoms with Gasteiger partial charge in [-0.05, 0) is 103 Å². The number of carbonyl (C=O) groups excluding carboxylic acids is 2. The molecule has 1 saturated carbocycles. The third-order valence-corrected chi connectivity index (χ3v) is 11.1. The molecule has 1 aliphatic heterocycles. The maximum absolute atomic E-state index is 13.2. The van der Waals surface area contributed by atoms with Gasteiger partial charge >= 0.3 is 12.3 Å². The Kier molecular flexibility index (Phi) is 11.3. The van der Waals surface area contributed by atoms with Crippen LogP contribution in [-0.2, 0) is 14.8 Å². The van der Waals surface area contributed by atoms with Gasteiger partial charge in [0.05, 0.1) is 17.6 Å². The average molecular weight is 784 g/mol. The number of pyridine rings is 2. The van der Waals surface area contributed by atoms with Gasteiger partial charge in [0.15, 0.2) is 5.82 Å². The van der Waals surface area contributed by atoms with E-state index in [-0.39, 0.29) is 64.8 Å². The fourth-order valence-corrected chi connectivity index (χ4v) is 7.50. The number of ether oxygens (including phenoxy) is 2. The summed E-state index contributed by atoms with van der Waals surface area (Å²) in [5.41, 5.74) is -2.78. The van der Waals surface area contributed by atoms with Gasteiger partial charge in [0.1, 0.15) is 21.5 Å². The Bertz CT molecular complexity index is 1910. The molecule has 1 atom stereocenters. The first-order valence-corrected chi connectivity index (χ1v) is 19.1. The zero-order chi connectivity index (χ0) is 39.0. The number of likely N-dealkylation sites (tertiary alicyclic amines) is 1. The van der Waals surface area contributed by atoms with Gasteiger partial charge in [0.25, 0.3) is 15.9 Å². The minimum atomic E-state index is -4.33. The second-order valence-corrected chi connectivity index (χ2v) is 17.3. The van der Waals surface area contributed by atoms with Crippen LogP contribution < -0.4 is 14.4 Å². The summed E-state index contributed by atoms with van der Waals surface area (Å²) in [6.45, 7) is 10.7. The largest absolute Gasteiger partial charge is 0.477 e. The highest BCUT2D eigenvalue weighted by Crippen LogP contribution is 2.59. The monoisotopic (exact) mass is 783 g/mol. The first-order valence-electron chi connectivity index (χ1n) is 17.3. The molecule has 1 N–H and O–H groups in total. The summed E-state index contributed by atoms with van der Waals surface area (Å²) in [4.78, 5) is 37.6. The number of amides is 2. The molecule has 2 fully saturated rings. The maximum Gasteiger partial charge on any atom is 0.410 e. The Morgan fingerprint density at radius 2 is 1.83 bits per heavy atom. The van der Waals surface area contributed by atoms with Crippen molar-refractivity contribution in [2.24, 2.45) is 11.3 Å². The number of nitrogens with zero attached hydrogens (tertiary/aromatic N) is 6. The highest BCUT2D eigenvalue weighted by Gasteiger charge is 2.62. The van der Waals surface area contributed by atoms with Gasteiger partial charge in [-0.2, -0.15) is 13.2 Å². The third-order valence-electron chi connectivity index (χ3n) is 9.49. The van der Waals surface area contributed by atoms with Crippen molar-refractivity contribution in [3.63, 3.8) is 0 Å². The van der Waals surface area contributed by atoms with Gasteiger partial charge in [0.2, 0.25) is 5.88 Å². The third kappa shape index (κ3) is 9.71. The minimum Gasteiger partial charge on any atom is -0.477 e. The van der Waals surface area contributed by atoms with Gasteiger partial charge in [-0.15, -0.1) is 5.10 Å². The van der Waals surface area contributed by atoms with E-state index < -0.39 is 33.1 Å². The number of rotatable bonds is 13. The smallest absolute Gasteiger partial charge is 0.410 e. The summed E-state index contributed by atoms with van der Waals surface area (Å²) < 4.78 is 79.8. The summed E-state index contributed by atoms with van der Waals surface area (Å²) in [6, 6.07) is 7.00. The molecule has 5 rings (SSSR count). The Hall–Kier alpha value is -4.12. The SMILES string of the molecule is CN(CCCC1CN(C(=O)OC(C)(C)C)C(C)(C)C1)c1ccc(S(=O)(=O)NC(=O)c2ccc(-n3ccc(OCCC4(C(F)(F)F)CC4)n3)nc2Cl)cn1. The van der Waals surface area contributed by atoms with Crippen molar-refractivity contribution in [2.75, 3.05) is 31.6 Å². The average Bonchev–Trinajstić information content (AvgIpc) is 3.59. The van der Waals surface area contributed by atoms with Gasteiger partial charge in [-0.3, -0.25) is 4.79 Å². The second kappa shape index (κ2) is 15.0. The van der Waals surface area contributed by atoms with E-state index in [0.717, 1.165) is 25.5 Å². The number of anilines is 1. The number of hydrogen-bond donors (Lipinski definition) is 1. The number of hydrogen-bond acceptors (Lipinski definition) is 10. The summed E-state index contributed by atoms with van der Waals surface area (Å²) >= 11 is 6.25. The zero-order valence-electron chi connectivity index (χ0n) is 30.5. The highest BCUT2D eigenvalue weighted by molar-refractivity contribution is 7.90. The molecule has 2 aliphatic rings. The van der Waals surface area contributed by atoms with Crippen LogP contribution in [0.2, 0.25) is 5.15 Å². The van der Waals surface area contributed by atoms with Crippen LogP contribution in [0.4, 0.5) is 23.8 Å². The Balaban J connectivity index is 1.11. The fourth-order valence-electron chi connectivity index (χ4n) is 6.35. The summed E-state index contributed by atoms with van der Waals surface area (Å²) in [5.74, 6) is 0.0901. The molecule has 1 aliphatic carbocycles. The van der Waals surface area contributed by atoms with Gasteiger partial charge in [-0.1, -0.05) is 11.6 Å². The topological polar surface area (TPSA) is 149 Å². The van der Waals surface area contributed by atoms with Crippen LogP contribution in [0.25, 0.3) is 5.82 Å². The summed E-state index contributed by atoms with van der Waals surface area (Å²) in [5, 5.41) is 3.84. The van der Waals surface area contributed by atoms with Crippen LogP contribution in [0.1, 0.15) is 83.5 Å². The van der Waals surface area contributed by atoms with Gasteiger partial charge in [0, 0.05) is 44.1 Å². The molecular weight excluding hydrogens is 739 g/mol. The van der Waals surface area contributed by atoms with Crippen LogP contribution in [0.15, 0.2) is 47.6 Å². The first kappa shape index (κ1) is 40.1. The normalized spacial score (nSPS) is 18.1. The van der Waals surface area contributed by atoms with E-state index in [1.165, 1.54) is 35.1 Å². The Morgan fingerprint density at radius 1 is 1.11 bits per heavy atom. The molecule has 2 amide bonds. The molecule has 0 bridgehead atoms. The molecule has 3 aromatic heterocycles. The number of nitrogens with one attached hydrogen (secondary N) is 1. The molecule has 1 unspecified atom stereocenters. The molecule has 13 nitrogen and oxygen atoms in total. The molecule has 53 heavy (non-hydrogen) atoms. The molecule has 0 radical (unpaired) electrons. The Morgan fingerprint density at radius 3 is 2.43 bits per heavy atom. The number of alkyl halides is 3. The molecule has 1 saturated heterocycles. The van der Waals surface area contributed by atoms with Crippen LogP contribution in [0, 0.1) is 11.3 Å². The maximum atomic E-state index is 13.2. The molecule has 4 heterocycles. The highest BCUT2D eigenvalue weighted by atomic mass is 35.5. The minimum absolute atomic E-state index is 0.0833. The van der Waals surface area contributed by atoms with Crippen LogP contribution in [0.3, 0.4) is 0 Å². The van der Waals surface area contributed by atoms with Gasteiger partial charge < -0.3 is 19.3 Å². The van der Waals surface area contributed by atoms with E-state index in [2.05, 4.69) is 15.1 Å². The van der Waals surface area contributed by atoms with E-state index in [0.29, 0.717) is 24.8 Å². The lowest BCUT2D eigenvalue weighted by molar-refractivity contribution is -0.190. The predicted molar refractivity (Wildman–Crippen MR) is 191 cm³/mol. The van der Waals surface area contributed by atoms with Crippen LogP contribution >= 0.6 is 11.6 Å².